The highest BCUT2D eigenvalue weighted by Gasteiger charge is 2.42. The van der Waals surface area contributed by atoms with Crippen LogP contribution in [0.4, 0.5) is 11.5 Å². The van der Waals surface area contributed by atoms with Gasteiger partial charge in [-0.05, 0) is 37.1 Å². The predicted molar refractivity (Wildman–Crippen MR) is 91.0 cm³/mol. The summed E-state index contributed by atoms with van der Waals surface area (Å²) in [6.45, 7) is 2.49. The molecule has 124 valence electrons. The van der Waals surface area contributed by atoms with E-state index in [1.165, 1.54) is 0 Å². The van der Waals surface area contributed by atoms with Crippen LogP contribution in [0.25, 0.3) is 0 Å². The molecule has 4 heterocycles. The number of piperidine rings is 1. The van der Waals surface area contributed by atoms with Gasteiger partial charge >= 0.3 is 0 Å². The van der Waals surface area contributed by atoms with Gasteiger partial charge in [-0.3, -0.25) is 9.78 Å². The second kappa shape index (κ2) is 6.20. The lowest BCUT2D eigenvalue weighted by Crippen LogP contribution is -2.59. The second-order valence-corrected chi connectivity index (χ2v) is 6.34. The summed E-state index contributed by atoms with van der Waals surface area (Å²) in [5.74, 6) is 1.00. The van der Waals surface area contributed by atoms with E-state index >= 15 is 0 Å². The zero-order valence-corrected chi connectivity index (χ0v) is 13.5. The Kier molecular flexibility index (Phi) is 3.90. The van der Waals surface area contributed by atoms with Crippen LogP contribution in [0.15, 0.2) is 48.9 Å². The molecule has 2 fully saturated rings. The predicted octanol–water partition coefficient (Wildman–Crippen LogP) is 1.88. The molecule has 2 aliphatic heterocycles. The zero-order valence-electron chi connectivity index (χ0n) is 13.5. The maximum Gasteiger partial charge on any atom is 0.253 e. The Morgan fingerprint density at radius 1 is 1.08 bits per heavy atom. The summed E-state index contributed by atoms with van der Waals surface area (Å²) in [6.07, 6.45) is 7.04. The molecule has 6 nitrogen and oxygen atoms in total. The third-order valence-corrected chi connectivity index (χ3v) is 4.85. The largest absolute Gasteiger partial charge is 0.363 e. The van der Waals surface area contributed by atoms with Gasteiger partial charge in [-0.25, -0.2) is 4.98 Å². The minimum absolute atomic E-state index is 0.000723. The lowest BCUT2D eigenvalue weighted by Gasteiger charge is -2.47. The number of anilines is 2. The highest BCUT2D eigenvalue weighted by molar-refractivity contribution is 5.95. The van der Waals surface area contributed by atoms with Crippen molar-refractivity contribution >= 4 is 17.4 Å². The minimum Gasteiger partial charge on any atom is -0.363 e. The minimum atomic E-state index is -0.269. The molecule has 0 radical (unpaired) electrons. The van der Waals surface area contributed by atoms with Crippen molar-refractivity contribution in [1.82, 2.24) is 9.97 Å². The smallest absolute Gasteiger partial charge is 0.253 e. The van der Waals surface area contributed by atoms with Gasteiger partial charge in [0.1, 0.15) is 12.4 Å². The highest BCUT2D eigenvalue weighted by Crippen LogP contribution is 2.33. The Bertz CT molecular complexity index is 699. The number of hydrogen-bond acceptors (Lipinski definition) is 5. The molecule has 6 heteroatoms. The van der Waals surface area contributed by atoms with Gasteiger partial charge in [0.05, 0.1) is 24.0 Å². The van der Waals surface area contributed by atoms with Gasteiger partial charge in [0.25, 0.3) is 5.91 Å². The van der Waals surface area contributed by atoms with Crippen molar-refractivity contribution in [3.05, 3.63) is 48.9 Å². The van der Waals surface area contributed by atoms with Crippen LogP contribution in [0.5, 0.6) is 0 Å². The number of rotatable bonds is 2. The van der Waals surface area contributed by atoms with Gasteiger partial charge in [-0.1, -0.05) is 6.07 Å². The number of carbonyl (C=O) groups excluding carboxylic acids is 1. The molecule has 2 aromatic heterocycles. The summed E-state index contributed by atoms with van der Waals surface area (Å²) in [5.41, 5.74) is 0.576. The number of aromatic nitrogens is 2. The third kappa shape index (κ3) is 2.85. The number of amides is 1. The first kappa shape index (κ1) is 15.1. The van der Waals surface area contributed by atoms with Crippen LogP contribution in [0.3, 0.4) is 0 Å². The summed E-state index contributed by atoms with van der Waals surface area (Å²) in [4.78, 5) is 24.9. The fourth-order valence-electron chi connectivity index (χ4n) is 3.45. The van der Waals surface area contributed by atoms with Crippen LogP contribution in [-0.2, 0) is 9.53 Å². The van der Waals surface area contributed by atoms with Crippen molar-refractivity contribution in [2.75, 3.05) is 36.0 Å². The molecule has 4 rings (SSSR count). The van der Waals surface area contributed by atoms with Crippen LogP contribution in [-0.4, -0.2) is 47.7 Å². The van der Waals surface area contributed by atoms with E-state index in [-0.39, 0.29) is 18.1 Å². The topological polar surface area (TPSA) is 58.6 Å². The molecule has 0 saturated carbocycles. The molecule has 0 aliphatic carbocycles. The number of pyridine rings is 2. The standard InChI is InChI=1S/C18H20N4O2/c23-17-13-24-18(14-22(17)15-4-3-8-19-12-15)6-10-21(11-7-18)16-5-1-2-9-20-16/h1-5,8-9,12H,6-7,10-11,13-14H2. The third-order valence-electron chi connectivity index (χ3n) is 4.85. The van der Waals surface area contributed by atoms with Gasteiger partial charge in [-0.2, -0.15) is 0 Å². The summed E-state index contributed by atoms with van der Waals surface area (Å²) in [7, 11) is 0. The van der Waals surface area contributed by atoms with Gasteiger partial charge in [0.2, 0.25) is 0 Å². The molecule has 2 saturated heterocycles. The van der Waals surface area contributed by atoms with Crippen molar-refractivity contribution in [2.24, 2.45) is 0 Å². The van der Waals surface area contributed by atoms with Crippen LogP contribution in [0, 0.1) is 0 Å². The highest BCUT2D eigenvalue weighted by atomic mass is 16.5. The first-order valence-corrected chi connectivity index (χ1v) is 8.26. The molecule has 2 aromatic rings. The molecular formula is C18H20N4O2. The quantitative estimate of drug-likeness (QED) is 0.844. The van der Waals surface area contributed by atoms with Crippen LogP contribution < -0.4 is 9.80 Å². The number of ether oxygens (including phenoxy) is 1. The molecule has 0 aromatic carbocycles. The average Bonchev–Trinajstić information content (AvgIpc) is 2.66. The Hall–Kier alpha value is -2.47. The second-order valence-electron chi connectivity index (χ2n) is 6.34. The number of morpholine rings is 1. The molecule has 0 bridgehead atoms. The SMILES string of the molecule is O=C1COC2(CCN(c3ccccn3)CC2)CN1c1cccnc1. The van der Waals surface area contributed by atoms with E-state index in [1.54, 1.807) is 12.4 Å². The maximum absolute atomic E-state index is 12.3. The first-order chi connectivity index (χ1) is 11.8. The Balaban J connectivity index is 1.48. The average molecular weight is 324 g/mol. The van der Waals surface area contributed by atoms with Gasteiger partial charge in [0.15, 0.2) is 0 Å². The van der Waals surface area contributed by atoms with E-state index in [4.69, 9.17) is 4.74 Å². The molecule has 24 heavy (non-hydrogen) atoms. The molecule has 2 aliphatic rings. The Labute approximate surface area is 141 Å². The normalized spacial score (nSPS) is 20.4. The van der Waals surface area contributed by atoms with Crippen LogP contribution >= 0.6 is 0 Å². The number of nitrogens with zero attached hydrogens (tertiary/aromatic N) is 4. The summed E-state index contributed by atoms with van der Waals surface area (Å²) in [5, 5.41) is 0. The van der Waals surface area contributed by atoms with E-state index in [2.05, 4.69) is 14.9 Å². The maximum atomic E-state index is 12.3. The lowest BCUT2D eigenvalue weighted by molar-refractivity contribution is -0.141. The van der Waals surface area contributed by atoms with Gasteiger partial charge in [0, 0.05) is 25.5 Å². The van der Waals surface area contributed by atoms with Crippen molar-refractivity contribution in [1.29, 1.82) is 0 Å². The molecule has 0 atom stereocenters. The van der Waals surface area contributed by atoms with Crippen LogP contribution in [0.1, 0.15) is 12.8 Å². The van der Waals surface area contributed by atoms with Gasteiger partial charge < -0.3 is 14.5 Å². The fraction of sp³-hybridized carbons (Fsp3) is 0.389. The Morgan fingerprint density at radius 3 is 2.67 bits per heavy atom. The molecule has 0 unspecified atom stereocenters. The van der Waals surface area contributed by atoms with E-state index in [1.807, 2.05) is 41.4 Å². The molecular weight excluding hydrogens is 304 g/mol. The Morgan fingerprint density at radius 2 is 1.96 bits per heavy atom. The fourth-order valence-corrected chi connectivity index (χ4v) is 3.45. The van der Waals surface area contributed by atoms with E-state index in [0.29, 0.717) is 6.54 Å². The number of carbonyl (C=O) groups is 1. The van der Waals surface area contributed by atoms with Gasteiger partial charge in [-0.15, -0.1) is 0 Å². The van der Waals surface area contributed by atoms with E-state index < -0.39 is 0 Å². The lowest BCUT2D eigenvalue weighted by atomic mass is 9.89. The van der Waals surface area contributed by atoms with E-state index in [9.17, 15) is 4.79 Å². The summed E-state index contributed by atoms with van der Waals surface area (Å²) < 4.78 is 6.00. The molecule has 1 spiro atoms. The monoisotopic (exact) mass is 324 g/mol. The molecule has 0 N–H and O–H groups in total. The summed E-state index contributed by atoms with van der Waals surface area (Å²) in [6, 6.07) is 9.75. The van der Waals surface area contributed by atoms with Crippen molar-refractivity contribution in [2.45, 2.75) is 18.4 Å². The van der Waals surface area contributed by atoms with Crippen molar-refractivity contribution in [3.8, 4) is 0 Å². The molecule has 1 amide bonds. The zero-order chi connectivity index (χ0) is 16.4. The van der Waals surface area contributed by atoms with Crippen molar-refractivity contribution < 1.29 is 9.53 Å². The van der Waals surface area contributed by atoms with Crippen LogP contribution in [0.2, 0.25) is 0 Å². The summed E-state index contributed by atoms with van der Waals surface area (Å²) >= 11 is 0. The van der Waals surface area contributed by atoms with E-state index in [0.717, 1.165) is 37.4 Å². The first-order valence-electron chi connectivity index (χ1n) is 8.26. The number of hydrogen-bond donors (Lipinski definition) is 0. The van der Waals surface area contributed by atoms with Crippen molar-refractivity contribution in [3.63, 3.8) is 0 Å².